The molecule has 1 atom stereocenters. The summed E-state index contributed by atoms with van der Waals surface area (Å²) in [6.45, 7) is 9.48. The molecule has 1 N–H and O–H groups in total. The smallest absolute Gasteiger partial charge is 0.264 e. The molecule has 0 saturated heterocycles. The minimum atomic E-state index is -4.10. The molecule has 8 nitrogen and oxygen atoms in total. The number of sulfonamides is 1. The number of rotatable bonds is 12. The van der Waals surface area contributed by atoms with Gasteiger partial charge < -0.3 is 15.0 Å². The fraction of sp³-hybridized carbons (Fsp3) is 0.355. The zero-order chi connectivity index (χ0) is 29.4. The molecule has 0 aliphatic rings. The van der Waals surface area contributed by atoms with Crippen molar-refractivity contribution in [3.63, 3.8) is 0 Å². The SMILES string of the molecule is CCNC(=O)[C@H](C)N(Cc1ccc(OC)cc1)C(=O)CN(c1ccc(C(C)C)cc1)S(=O)(=O)c1ccc(C)cc1. The first-order valence-corrected chi connectivity index (χ1v) is 14.8. The summed E-state index contributed by atoms with van der Waals surface area (Å²) in [5.74, 6) is 0.103. The predicted molar refractivity (Wildman–Crippen MR) is 158 cm³/mol. The molecule has 40 heavy (non-hydrogen) atoms. The Morgan fingerprint density at radius 2 is 1.50 bits per heavy atom. The van der Waals surface area contributed by atoms with E-state index < -0.39 is 28.5 Å². The van der Waals surface area contributed by atoms with E-state index in [2.05, 4.69) is 19.2 Å². The topological polar surface area (TPSA) is 96.0 Å². The van der Waals surface area contributed by atoms with Gasteiger partial charge in [-0.25, -0.2) is 8.42 Å². The number of nitrogens with one attached hydrogen (secondary N) is 1. The Labute approximate surface area is 238 Å². The Hall–Kier alpha value is -3.85. The predicted octanol–water partition coefficient (Wildman–Crippen LogP) is 4.88. The second-order valence-electron chi connectivity index (χ2n) is 10.0. The van der Waals surface area contributed by atoms with Crippen LogP contribution in [0, 0.1) is 6.92 Å². The summed E-state index contributed by atoms with van der Waals surface area (Å²) < 4.78 is 34.2. The van der Waals surface area contributed by atoms with Crippen molar-refractivity contribution < 1.29 is 22.7 Å². The molecule has 0 aromatic heterocycles. The van der Waals surface area contributed by atoms with Crippen molar-refractivity contribution in [2.75, 3.05) is 24.5 Å². The fourth-order valence-corrected chi connectivity index (χ4v) is 5.64. The standard InChI is InChI=1S/C31H39N3O5S/c1-7-32-31(36)24(5)33(20-25-10-16-28(39-6)17-11-25)30(35)21-34(27-14-12-26(13-15-27)22(2)3)40(37,38)29-18-8-23(4)9-19-29/h8-19,22,24H,7,20-21H2,1-6H3,(H,32,36)/t24-/m0/s1. The maximum atomic E-state index is 13.9. The summed E-state index contributed by atoms with van der Waals surface area (Å²) in [7, 11) is -2.53. The molecule has 9 heteroatoms. The van der Waals surface area contributed by atoms with Gasteiger partial charge in [0.15, 0.2) is 0 Å². The van der Waals surface area contributed by atoms with Gasteiger partial charge in [0, 0.05) is 13.1 Å². The number of hydrogen-bond donors (Lipinski definition) is 1. The minimum Gasteiger partial charge on any atom is -0.497 e. The quantitative estimate of drug-likeness (QED) is 0.338. The van der Waals surface area contributed by atoms with Crippen LogP contribution in [0.4, 0.5) is 5.69 Å². The number of anilines is 1. The van der Waals surface area contributed by atoms with Gasteiger partial charge in [0.25, 0.3) is 10.0 Å². The molecule has 0 heterocycles. The van der Waals surface area contributed by atoms with Crippen LogP contribution >= 0.6 is 0 Å². The van der Waals surface area contributed by atoms with E-state index in [0.29, 0.717) is 18.0 Å². The zero-order valence-electron chi connectivity index (χ0n) is 24.0. The summed E-state index contributed by atoms with van der Waals surface area (Å²) in [5, 5.41) is 2.76. The Kier molecular flexibility index (Phi) is 10.3. The number of benzene rings is 3. The number of aryl methyl sites for hydroxylation is 1. The van der Waals surface area contributed by atoms with Crippen LogP contribution in [0.15, 0.2) is 77.7 Å². The van der Waals surface area contributed by atoms with Crippen LogP contribution in [0.5, 0.6) is 5.75 Å². The number of ether oxygens (including phenoxy) is 1. The van der Waals surface area contributed by atoms with E-state index in [1.165, 1.54) is 17.0 Å². The van der Waals surface area contributed by atoms with Crippen LogP contribution in [0.3, 0.4) is 0 Å². The van der Waals surface area contributed by atoms with Crippen LogP contribution in [-0.4, -0.2) is 51.4 Å². The Morgan fingerprint density at radius 1 is 0.900 bits per heavy atom. The van der Waals surface area contributed by atoms with Crippen LogP contribution in [-0.2, 0) is 26.2 Å². The molecule has 2 amide bonds. The lowest BCUT2D eigenvalue weighted by Crippen LogP contribution is -2.51. The first kappa shape index (κ1) is 30.7. The van der Waals surface area contributed by atoms with E-state index in [1.54, 1.807) is 57.4 Å². The average molecular weight is 566 g/mol. The van der Waals surface area contributed by atoms with E-state index in [0.717, 1.165) is 21.0 Å². The van der Waals surface area contributed by atoms with Gasteiger partial charge in [-0.05, 0) is 74.2 Å². The van der Waals surface area contributed by atoms with Crippen molar-refractivity contribution in [2.24, 2.45) is 0 Å². The van der Waals surface area contributed by atoms with Crippen molar-refractivity contribution in [3.05, 3.63) is 89.5 Å². The Balaban J connectivity index is 2.03. The fourth-order valence-electron chi connectivity index (χ4n) is 4.22. The number of amides is 2. The summed E-state index contributed by atoms with van der Waals surface area (Å²) in [4.78, 5) is 28.2. The summed E-state index contributed by atoms with van der Waals surface area (Å²) in [6, 6.07) is 20.1. The van der Waals surface area contributed by atoms with Gasteiger partial charge in [0.05, 0.1) is 17.7 Å². The lowest BCUT2D eigenvalue weighted by molar-refractivity contribution is -0.139. The molecular weight excluding hydrogens is 526 g/mol. The molecule has 0 fully saturated rings. The summed E-state index contributed by atoms with van der Waals surface area (Å²) in [6.07, 6.45) is 0. The van der Waals surface area contributed by atoms with Gasteiger partial charge in [0.1, 0.15) is 18.3 Å². The summed E-state index contributed by atoms with van der Waals surface area (Å²) >= 11 is 0. The maximum absolute atomic E-state index is 13.9. The number of carbonyl (C=O) groups excluding carboxylic acids is 2. The molecule has 3 rings (SSSR count). The molecule has 214 valence electrons. The Bertz CT molecular complexity index is 1390. The number of likely N-dealkylation sites (N-methyl/N-ethyl adjacent to an activating group) is 1. The molecule has 0 unspecified atom stereocenters. The van der Waals surface area contributed by atoms with E-state index >= 15 is 0 Å². The third-order valence-corrected chi connectivity index (χ3v) is 8.55. The summed E-state index contributed by atoms with van der Waals surface area (Å²) in [5.41, 5.74) is 3.12. The first-order chi connectivity index (χ1) is 19.0. The monoisotopic (exact) mass is 565 g/mol. The molecular formula is C31H39N3O5S. The number of nitrogens with zero attached hydrogens (tertiary/aromatic N) is 2. The highest BCUT2D eigenvalue weighted by molar-refractivity contribution is 7.92. The van der Waals surface area contributed by atoms with Crippen molar-refractivity contribution in [3.8, 4) is 5.75 Å². The molecule has 0 radical (unpaired) electrons. The largest absolute Gasteiger partial charge is 0.497 e. The van der Waals surface area contributed by atoms with Gasteiger partial charge in [-0.1, -0.05) is 55.8 Å². The Morgan fingerprint density at radius 3 is 2.02 bits per heavy atom. The lowest BCUT2D eigenvalue weighted by Gasteiger charge is -2.32. The van der Waals surface area contributed by atoms with Crippen LogP contribution in [0.2, 0.25) is 0 Å². The number of carbonyl (C=O) groups is 2. The van der Waals surface area contributed by atoms with Crippen molar-refractivity contribution >= 4 is 27.5 Å². The van der Waals surface area contributed by atoms with E-state index in [4.69, 9.17) is 4.74 Å². The molecule has 0 aliphatic carbocycles. The van der Waals surface area contributed by atoms with Crippen molar-refractivity contribution in [2.45, 2.75) is 58.0 Å². The van der Waals surface area contributed by atoms with Gasteiger partial charge in [0.2, 0.25) is 11.8 Å². The second-order valence-corrected chi connectivity index (χ2v) is 11.9. The number of hydrogen-bond acceptors (Lipinski definition) is 5. The average Bonchev–Trinajstić information content (AvgIpc) is 2.94. The molecule has 3 aromatic carbocycles. The number of methoxy groups -OCH3 is 1. The highest BCUT2D eigenvalue weighted by Crippen LogP contribution is 2.27. The van der Waals surface area contributed by atoms with Crippen LogP contribution < -0.4 is 14.4 Å². The third-order valence-electron chi connectivity index (χ3n) is 6.77. The van der Waals surface area contributed by atoms with Crippen LogP contribution in [0.1, 0.15) is 50.3 Å². The normalized spacial score (nSPS) is 12.1. The second kappa shape index (κ2) is 13.5. The lowest BCUT2D eigenvalue weighted by atomic mass is 10.0. The molecule has 3 aromatic rings. The third kappa shape index (κ3) is 7.41. The molecule has 0 saturated carbocycles. The zero-order valence-corrected chi connectivity index (χ0v) is 24.9. The van der Waals surface area contributed by atoms with Gasteiger partial charge in [-0.15, -0.1) is 0 Å². The van der Waals surface area contributed by atoms with E-state index in [1.807, 2.05) is 31.2 Å². The minimum absolute atomic E-state index is 0.0808. The van der Waals surface area contributed by atoms with E-state index in [-0.39, 0.29) is 23.3 Å². The molecule has 0 spiro atoms. The van der Waals surface area contributed by atoms with Gasteiger partial charge in [-0.2, -0.15) is 0 Å². The van der Waals surface area contributed by atoms with Crippen molar-refractivity contribution in [1.82, 2.24) is 10.2 Å². The van der Waals surface area contributed by atoms with Crippen LogP contribution in [0.25, 0.3) is 0 Å². The first-order valence-electron chi connectivity index (χ1n) is 13.4. The molecule has 0 bridgehead atoms. The van der Waals surface area contributed by atoms with Crippen molar-refractivity contribution in [1.29, 1.82) is 0 Å². The highest BCUT2D eigenvalue weighted by Gasteiger charge is 2.32. The highest BCUT2D eigenvalue weighted by atomic mass is 32.2. The maximum Gasteiger partial charge on any atom is 0.264 e. The molecule has 0 aliphatic heterocycles. The van der Waals surface area contributed by atoms with E-state index in [9.17, 15) is 18.0 Å². The van der Waals surface area contributed by atoms with Gasteiger partial charge in [-0.3, -0.25) is 13.9 Å². The van der Waals surface area contributed by atoms with Gasteiger partial charge >= 0.3 is 0 Å².